The van der Waals surface area contributed by atoms with Gasteiger partial charge < -0.3 is 14.6 Å². The van der Waals surface area contributed by atoms with Gasteiger partial charge in [0.25, 0.3) is 0 Å². The van der Waals surface area contributed by atoms with Crippen LogP contribution in [0.25, 0.3) is 11.2 Å². The van der Waals surface area contributed by atoms with Crippen LogP contribution in [0.5, 0.6) is 0 Å². The number of fused-ring (bicyclic) bond motifs is 1. The first-order valence-corrected chi connectivity index (χ1v) is 9.27. The molecule has 1 aromatic carbocycles. The van der Waals surface area contributed by atoms with E-state index in [2.05, 4.69) is 9.97 Å². The van der Waals surface area contributed by atoms with Crippen LogP contribution in [0.1, 0.15) is 18.4 Å². The Labute approximate surface area is 161 Å². The van der Waals surface area contributed by atoms with Crippen LogP contribution < -0.4 is 5.49 Å². The fourth-order valence-corrected chi connectivity index (χ4v) is 3.54. The molecule has 0 atom stereocenters. The molecule has 3 heterocycles. The van der Waals surface area contributed by atoms with Gasteiger partial charge in [0.05, 0.1) is 11.7 Å². The van der Waals surface area contributed by atoms with Gasteiger partial charge in [0.1, 0.15) is 17.9 Å². The predicted molar refractivity (Wildman–Crippen MR) is 104 cm³/mol. The molecule has 0 unspecified atom stereocenters. The van der Waals surface area contributed by atoms with Crippen LogP contribution in [0.3, 0.4) is 0 Å². The zero-order chi connectivity index (χ0) is 19.5. The number of piperidine rings is 1. The number of amides is 1. The molecule has 1 amide bonds. The zero-order valence-corrected chi connectivity index (χ0v) is 15.4. The highest BCUT2D eigenvalue weighted by atomic mass is 16.6. The molecule has 3 N–H and O–H groups in total. The number of carbonyl (C=O) groups is 1. The Morgan fingerprint density at radius 3 is 2.71 bits per heavy atom. The Kier molecular flexibility index (Phi) is 4.92. The molecule has 1 aliphatic rings. The van der Waals surface area contributed by atoms with E-state index in [0.717, 1.165) is 11.1 Å². The van der Waals surface area contributed by atoms with Gasteiger partial charge in [0, 0.05) is 25.2 Å². The number of carbonyl (C=O) groups excluding carboxylic acids is 1. The molecule has 0 saturated carbocycles. The maximum Gasteiger partial charge on any atom is 0.410 e. The molecule has 0 spiro atoms. The maximum absolute atomic E-state index is 12.3. The molecule has 1 aliphatic heterocycles. The molecular formula is C20H22N6O2. The van der Waals surface area contributed by atoms with E-state index in [-0.39, 0.29) is 24.1 Å². The number of likely N-dealkylation sites (tertiary alicyclic amines) is 1. The monoisotopic (exact) mass is 378 g/mol. The topological polar surface area (TPSA) is 111 Å². The van der Waals surface area contributed by atoms with E-state index >= 15 is 0 Å². The van der Waals surface area contributed by atoms with Gasteiger partial charge in [-0.2, -0.15) is 0 Å². The Hall–Kier alpha value is -3.42. The van der Waals surface area contributed by atoms with Crippen molar-refractivity contribution in [1.82, 2.24) is 19.4 Å². The molecule has 3 aromatic rings. The lowest BCUT2D eigenvalue weighted by molar-refractivity contribution is 0.0862. The molecule has 1 fully saturated rings. The van der Waals surface area contributed by atoms with Crippen LogP contribution in [-0.2, 0) is 11.3 Å². The van der Waals surface area contributed by atoms with Crippen molar-refractivity contribution in [3.63, 3.8) is 0 Å². The number of nitrogens with one attached hydrogen (secondary N) is 3. The lowest BCUT2D eigenvalue weighted by atomic mass is 9.95. The molecule has 1 saturated heterocycles. The summed E-state index contributed by atoms with van der Waals surface area (Å²) < 4.78 is 7.02. The highest BCUT2D eigenvalue weighted by Crippen LogP contribution is 2.21. The second-order valence-corrected chi connectivity index (χ2v) is 6.88. The molecular weight excluding hydrogens is 356 g/mol. The minimum atomic E-state index is -0.320. The number of aromatic amines is 1. The Morgan fingerprint density at radius 1 is 1.21 bits per heavy atom. The molecule has 0 bridgehead atoms. The summed E-state index contributed by atoms with van der Waals surface area (Å²) in [7, 11) is 0. The van der Waals surface area contributed by atoms with E-state index in [9.17, 15) is 4.79 Å². The Bertz CT molecular complexity index is 1050. The first-order valence-electron chi connectivity index (χ1n) is 9.27. The quantitative estimate of drug-likeness (QED) is 0.481. The summed E-state index contributed by atoms with van der Waals surface area (Å²) in [5.41, 5.74) is 2.52. The molecule has 0 radical (unpaired) electrons. The van der Waals surface area contributed by atoms with E-state index in [1.165, 1.54) is 6.20 Å². The molecule has 2 aromatic heterocycles. The van der Waals surface area contributed by atoms with E-state index in [4.69, 9.17) is 15.6 Å². The highest BCUT2D eigenvalue weighted by Gasteiger charge is 2.27. The molecule has 8 nitrogen and oxygen atoms in total. The standard InChI is InChI=1S/C20H22N6O2/c21-17-12-24-19-16(6-9-23-19)26(17)18(22)15-7-10-25(11-8-15)20(27)28-13-14-4-2-1-3-5-14/h1-6,9,12,15,21-23H,7-8,10-11,13H2. The first kappa shape index (κ1) is 18.0. The minimum absolute atomic E-state index is 0.0206. The minimum Gasteiger partial charge on any atom is -0.445 e. The summed E-state index contributed by atoms with van der Waals surface area (Å²) in [5.74, 6) is 0.349. The second kappa shape index (κ2) is 7.67. The van der Waals surface area contributed by atoms with E-state index in [1.807, 2.05) is 36.4 Å². The van der Waals surface area contributed by atoms with Crippen LogP contribution in [0.2, 0.25) is 0 Å². The highest BCUT2D eigenvalue weighted by molar-refractivity contribution is 5.91. The summed E-state index contributed by atoms with van der Waals surface area (Å²) in [5, 5.41) is 16.8. The van der Waals surface area contributed by atoms with Crippen molar-refractivity contribution in [2.24, 2.45) is 5.92 Å². The van der Waals surface area contributed by atoms with Crippen LogP contribution in [0.4, 0.5) is 4.79 Å². The first-order chi connectivity index (χ1) is 13.6. The summed E-state index contributed by atoms with van der Waals surface area (Å²) in [6.07, 6.45) is 4.22. The molecule has 0 aliphatic carbocycles. The van der Waals surface area contributed by atoms with Gasteiger partial charge in [-0.05, 0) is 24.5 Å². The third-order valence-electron chi connectivity index (χ3n) is 5.09. The number of rotatable bonds is 3. The number of H-pyrrole nitrogens is 1. The molecule has 28 heavy (non-hydrogen) atoms. The van der Waals surface area contributed by atoms with Crippen molar-refractivity contribution in [1.29, 1.82) is 10.8 Å². The number of benzene rings is 1. The van der Waals surface area contributed by atoms with E-state index in [0.29, 0.717) is 37.4 Å². The number of hydrogen-bond donors (Lipinski definition) is 3. The smallest absolute Gasteiger partial charge is 0.410 e. The largest absolute Gasteiger partial charge is 0.445 e. The average molecular weight is 378 g/mol. The lowest BCUT2D eigenvalue weighted by Gasteiger charge is -2.32. The maximum atomic E-state index is 12.3. The third-order valence-corrected chi connectivity index (χ3v) is 5.09. The third kappa shape index (κ3) is 3.53. The summed E-state index contributed by atoms with van der Waals surface area (Å²) in [6.45, 7) is 1.34. The Morgan fingerprint density at radius 2 is 1.96 bits per heavy atom. The summed E-state index contributed by atoms with van der Waals surface area (Å²) >= 11 is 0. The normalized spacial score (nSPS) is 14.9. The van der Waals surface area contributed by atoms with Gasteiger partial charge in [-0.15, -0.1) is 0 Å². The number of aromatic nitrogens is 3. The van der Waals surface area contributed by atoms with Gasteiger partial charge in [-0.25, -0.2) is 9.78 Å². The van der Waals surface area contributed by atoms with Crippen LogP contribution in [0, 0.1) is 16.7 Å². The Balaban J connectivity index is 1.38. The van der Waals surface area contributed by atoms with Crippen molar-refractivity contribution in [2.75, 3.05) is 13.1 Å². The molecule has 8 heteroatoms. The SMILES string of the molecule is N=C(C1CCN(C(=O)OCc2ccccc2)CC1)n1c(=N)cnc2[nH]ccc21. The van der Waals surface area contributed by atoms with Crippen molar-refractivity contribution in [3.05, 3.63) is 59.8 Å². The fourth-order valence-electron chi connectivity index (χ4n) is 3.54. The van der Waals surface area contributed by atoms with Crippen LogP contribution in [-0.4, -0.2) is 44.5 Å². The zero-order valence-electron chi connectivity index (χ0n) is 15.4. The molecule has 144 valence electrons. The van der Waals surface area contributed by atoms with Crippen LogP contribution in [0.15, 0.2) is 48.8 Å². The van der Waals surface area contributed by atoms with Crippen LogP contribution >= 0.6 is 0 Å². The summed E-state index contributed by atoms with van der Waals surface area (Å²) in [6, 6.07) is 11.4. The second-order valence-electron chi connectivity index (χ2n) is 6.88. The van der Waals surface area contributed by atoms with Gasteiger partial charge in [0.2, 0.25) is 0 Å². The predicted octanol–water partition coefficient (Wildman–Crippen LogP) is 2.72. The van der Waals surface area contributed by atoms with Crippen molar-refractivity contribution in [3.8, 4) is 0 Å². The molecule has 4 rings (SSSR count). The van der Waals surface area contributed by atoms with Crippen molar-refractivity contribution < 1.29 is 9.53 Å². The van der Waals surface area contributed by atoms with Gasteiger partial charge in [-0.3, -0.25) is 15.4 Å². The number of ether oxygens (including phenoxy) is 1. The van der Waals surface area contributed by atoms with Gasteiger partial charge in [0.15, 0.2) is 5.65 Å². The average Bonchev–Trinajstić information content (AvgIpc) is 3.21. The lowest BCUT2D eigenvalue weighted by Crippen LogP contribution is -2.43. The van der Waals surface area contributed by atoms with Crippen molar-refractivity contribution >= 4 is 23.1 Å². The van der Waals surface area contributed by atoms with Gasteiger partial charge in [-0.1, -0.05) is 30.3 Å². The van der Waals surface area contributed by atoms with E-state index in [1.54, 1.807) is 15.7 Å². The van der Waals surface area contributed by atoms with Gasteiger partial charge >= 0.3 is 6.09 Å². The fraction of sp³-hybridized carbons (Fsp3) is 0.300. The summed E-state index contributed by atoms with van der Waals surface area (Å²) in [4.78, 5) is 21.2. The van der Waals surface area contributed by atoms with Crippen molar-refractivity contribution in [2.45, 2.75) is 19.4 Å². The number of hydrogen-bond acceptors (Lipinski definition) is 5. The van der Waals surface area contributed by atoms with E-state index < -0.39 is 0 Å². The number of nitrogens with zero attached hydrogens (tertiary/aromatic N) is 3.